The van der Waals surface area contributed by atoms with Crippen LogP contribution in [0.4, 0.5) is 0 Å². The summed E-state index contributed by atoms with van der Waals surface area (Å²) in [5, 5.41) is 17.6. The molecule has 10 nitrogen and oxygen atoms in total. The summed E-state index contributed by atoms with van der Waals surface area (Å²) in [6.07, 6.45) is 3.29. The van der Waals surface area contributed by atoms with Gasteiger partial charge in [-0.15, -0.1) is 5.10 Å². The van der Waals surface area contributed by atoms with Gasteiger partial charge in [0.15, 0.2) is 11.5 Å². The third kappa shape index (κ3) is 5.10. The Bertz CT molecular complexity index is 1430. The summed E-state index contributed by atoms with van der Waals surface area (Å²) in [5.41, 5.74) is 4.32. The molecule has 0 unspecified atom stereocenters. The fourth-order valence-corrected chi connectivity index (χ4v) is 4.96. The number of aryl methyl sites for hydroxylation is 1. The molecule has 0 saturated heterocycles. The van der Waals surface area contributed by atoms with Crippen molar-refractivity contribution < 1.29 is 28.8 Å². The van der Waals surface area contributed by atoms with Crippen molar-refractivity contribution in [1.29, 1.82) is 0 Å². The van der Waals surface area contributed by atoms with E-state index in [1.165, 1.54) is 0 Å². The molecule has 0 fully saturated rings. The smallest absolute Gasteiger partial charge is 0.329 e. The van der Waals surface area contributed by atoms with E-state index in [0.29, 0.717) is 35.2 Å². The summed E-state index contributed by atoms with van der Waals surface area (Å²) in [6, 6.07) is 15.5. The zero-order valence-electron chi connectivity index (χ0n) is 20.9. The minimum Gasteiger partial charge on any atom is -0.493 e. The predicted octanol–water partition coefficient (Wildman–Crippen LogP) is 4.59. The number of aliphatic carboxylic acids is 1. The van der Waals surface area contributed by atoms with Crippen LogP contribution in [0.25, 0.3) is 5.69 Å². The van der Waals surface area contributed by atoms with Crippen LogP contribution < -0.4 is 9.47 Å². The maximum Gasteiger partial charge on any atom is 0.329 e. The van der Waals surface area contributed by atoms with E-state index in [2.05, 4.69) is 14.9 Å². The lowest BCUT2D eigenvalue weighted by Gasteiger charge is -2.25. The van der Waals surface area contributed by atoms with Crippen molar-refractivity contribution in [2.45, 2.75) is 31.8 Å². The van der Waals surface area contributed by atoms with E-state index in [1.807, 2.05) is 54.7 Å². The van der Waals surface area contributed by atoms with Crippen molar-refractivity contribution in [2.24, 2.45) is 0 Å². The highest BCUT2D eigenvalue weighted by molar-refractivity contribution is 6.30. The molecular weight excluding hydrogens is 512 g/mol. The lowest BCUT2D eigenvalue weighted by Crippen LogP contribution is -2.16. The summed E-state index contributed by atoms with van der Waals surface area (Å²) in [7, 11) is 3.21. The monoisotopic (exact) mass is 538 g/mol. The lowest BCUT2D eigenvalue weighted by atomic mass is 9.98. The number of ether oxygens (including phenoxy) is 4. The van der Waals surface area contributed by atoms with Gasteiger partial charge in [0.05, 0.1) is 44.1 Å². The third-order valence-electron chi connectivity index (χ3n) is 6.43. The summed E-state index contributed by atoms with van der Waals surface area (Å²) < 4.78 is 27.3. The Balaban J connectivity index is 1.51. The Morgan fingerprint density at radius 2 is 2.00 bits per heavy atom. The number of para-hydroxylation sites is 1. The second-order valence-corrected chi connectivity index (χ2v) is 9.15. The van der Waals surface area contributed by atoms with E-state index in [0.717, 1.165) is 22.5 Å². The van der Waals surface area contributed by atoms with E-state index >= 15 is 0 Å². The van der Waals surface area contributed by atoms with Gasteiger partial charge in [-0.3, -0.25) is 0 Å². The van der Waals surface area contributed by atoms with Gasteiger partial charge in [0.1, 0.15) is 18.8 Å². The molecular formula is C27H27ClN4O6. The number of benzene rings is 2. The number of halogens is 1. The van der Waals surface area contributed by atoms with Crippen LogP contribution in [0.2, 0.25) is 5.02 Å². The fraction of sp³-hybridized carbons (Fsp3) is 0.296. The normalized spacial score (nSPS) is 16.4. The van der Waals surface area contributed by atoms with Crippen LogP contribution in [0.1, 0.15) is 41.1 Å². The maximum absolute atomic E-state index is 10.8. The molecule has 0 spiro atoms. The SMILES string of the molecule is COc1cccc([C@H]2O[C@H](CCn3nncc3COCC(=O)O)c3cccn3-c3ccc(Cl)cc32)c1OC. The van der Waals surface area contributed by atoms with E-state index in [1.54, 1.807) is 25.1 Å². The van der Waals surface area contributed by atoms with E-state index in [-0.39, 0.29) is 12.7 Å². The van der Waals surface area contributed by atoms with Crippen molar-refractivity contribution in [3.05, 3.63) is 88.5 Å². The minimum absolute atomic E-state index is 0.0920. The molecule has 3 heterocycles. The molecule has 198 valence electrons. The van der Waals surface area contributed by atoms with Crippen LogP contribution in [0.5, 0.6) is 11.5 Å². The fourth-order valence-electron chi connectivity index (χ4n) is 4.77. The zero-order valence-corrected chi connectivity index (χ0v) is 21.7. The summed E-state index contributed by atoms with van der Waals surface area (Å²) in [4.78, 5) is 10.8. The van der Waals surface area contributed by atoms with Gasteiger partial charge >= 0.3 is 5.97 Å². The molecule has 38 heavy (non-hydrogen) atoms. The first kappa shape index (κ1) is 25.8. The van der Waals surface area contributed by atoms with Gasteiger partial charge in [0.2, 0.25) is 0 Å². The van der Waals surface area contributed by atoms with Gasteiger partial charge in [-0.05, 0) is 42.8 Å². The molecule has 2 atom stereocenters. The highest BCUT2D eigenvalue weighted by Gasteiger charge is 2.33. The quantitative estimate of drug-likeness (QED) is 0.312. The largest absolute Gasteiger partial charge is 0.493 e. The second kappa shape index (κ2) is 11.3. The number of hydrogen-bond acceptors (Lipinski definition) is 7. The van der Waals surface area contributed by atoms with Gasteiger partial charge in [-0.25, -0.2) is 9.48 Å². The topological polar surface area (TPSA) is 110 Å². The molecule has 11 heteroatoms. The first-order valence-corrected chi connectivity index (χ1v) is 12.4. The summed E-state index contributed by atoms with van der Waals surface area (Å²) in [5.74, 6) is 0.159. The van der Waals surface area contributed by atoms with Crippen molar-refractivity contribution in [3.8, 4) is 17.2 Å². The Morgan fingerprint density at radius 1 is 1.13 bits per heavy atom. The molecule has 0 saturated carbocycles. The summed E-state index contributed by atoms with van der Waals surface area (Å²) in [6.45, 7) is 0.171. The molecule has 0 aliphatic carbocycles. The average molecular weight is 539 g/mol. The van der Waals surface area contributed by atoms with Crippen molar-refractivity contribution in [1.82, 2.24) is 19.6 Å². The molecule has 2 aromatic heterocycles. The Kier molecular flexibility index (Phi) is 7.64. The van der Waals surface area contributed by atoms with Gasteiger partial charge in [-0.1, -0.05) is 28.9 Å². The molecule has 0 amide bonds. The van der Waals surface area contributed by atoms with Crippen LogP contribution in [0, 0.1) is 0 Å². The minimum atomic E-state index is -1.03. The number of rotatable bonds is 10. The number of carboxylic acid groups (broad SMARTS) is 1. The number of nitrogens with zero attached hydrogens (tertiary/aromatic N) is 4. The first-order chi connectivity index (χ1) is 18.5. The van der Waals surface area contributed by atoms with Gasteiger partial charge < -0.3 is 28.6 Å². The van der Waals surface area contributed by atoms with Crippen molar-refractivity contribution in [2.75, 3.05) is 20.8 Å². The van der Waals surface area contributed by atoms with E-state index in [9.17, 15) is 4.79 Å². The number of hydrogen-bond donors (Lipinski definition) is 1. The Labute approximate surface area is 224 Å². The number of carboxylic acids is 1. The van der Waals surface area contributed by atoms with Crippen LogP contribution in [-0.4, -0.2) is 51.5 Å². The summed E-state index contributed by atoms with van der Waals surface area (Å²) >= 11 is 6.47. The second-order valence-electron chi connectivity index (χ2n) is 8.72. The highest BCUT2D eigenvalue weighted by Crippen LogP contribution is 2.46. The standard InChI is InChI=1S/C27H27ClN4O6/c1-35-24-7-3-5-19(27(24)36-2)26-20-13-17(28)8-9-21(20)31-11-4-6-22(31)23(38-26)10-12-32-18(14-29-30-32)15-37-16-25(33)34/h3-9,11,13-14,23,26H,10,12,15-16H2,1-2H3,(H,33,34)/t23-,26-/m1/s1. The highest BCUT2D eigenvalue weighted by atomic mass is 35.5. The van der Waals surface area contributed by atoms with Crippen LogP contribution in [0.15, 0.2) is 60.9 Å². The number of aromatic nitrogens is 4. The zero-order chi connectivity index (χ0) is 26.6. The molecule has 1 aliphatic heterocycles. The molecule has 4 aromatic rings. The van der Waals surface area contributed by atoms with Gasteiger partial charge in [-0.2, -0.15) is 0 Å². The van der Waals surface area contributed by atoms with Crippen molar-refractivity contribution in [3.63, 3.8) is 0 Å². The third-order valence-corrected chi connectivity index (χ3v) is 6.67. The Hall–Kier alpha value is -3.86. The number of methoxy groups -OCH3 is 2. The van der Waals surface area contributed by atoms with Crippen molar-refractivity contribution >= 4 is 17.6 Å². The lowest BCUT2D eigenvalue weighted by molar-refractivity contribution is -0.142. The molecule has 1 N–H and O–H groups in total. The number of carbonyl (C=O) groups is 1. The molecule has 2 aromatic carbocycles. The van der Waals surface area contributed by atoms with Crippen LogP contribution in [0.3, 0.4) is 0 Å². The van der Waals surface area contributed by atoms with Gasteiger partial charge in [0.25, 0.3) is 0 Å². The van der Waals surface area contributed by atoms with Gasteiger partial charge in [0, 0.05) is 28.9 Å². The molecule has 0 bridgehead atoms. The predicted molar refractivity (Wildman–Crippen MR) is 138 cm³/mol. The molecule has 1 aliphatic rings. The maximum atomic E-state index is 10.8. The Morgan fingerprint density at radius 3 is 2.79 bits per heavy atom. The van der Waals surface area contributed by atoms with Crippen LogP contribution in [-0.2, 0) is 27.4 Å². The first-order valence-electron chi connectivity index (χ1n) is 12.0. The average Bonchev–Trinajstić information content (AvgIpc) is 3.56. The number of fused-ring (bicyclic) bond motifs is 3. The van der Waals surface area contributed by atoms with E-state index < -0.39 is 18.7 Å². The van der Waals surface area contributed by atoms with E-state index in [4.69, 9.17) is 35.7 Å². The molecule has 0 radical (unpaired) electrons. The molecule has 5 rings (SSSR count). The van der Waals surface area contributed by atoms with Crippen LogP contribution >= 0.6 is 11.6 Å².